The first-order chi connectivity index (χ1) is 10.8. The maximum Gasteiger partial charge on any atom is 0.220 e. The number of rotatable bonds is 6. The zero-order valence-corrected chi connectivity index (χ0v) is 13.1. The van der Waals surface area contributed by atoms with Crippen LogP contribution in [0.1, 0.15) is 42.7 Å². The van der Waals surface area contributed by atoms with Gasteiger partial charge in [0.2, 0.25) is 5.91 Å². The third-order valence-electron chi connectivity index (χ3n) is 5.11. The highest BCUT2D eigenvalue weighted by molar-refractivity contribution is 5.77. The molecule has 22 heavy (non-hydrogen) atoms. The van der Waals surface area contributed by atoms with E-state index in [1.807, 2.05) is 0 Å². The third kappa shape index (κ3) is 3.50. The van der Waals surface area contributed by atoms with Crippen molar-refractivity contribution in [2.45, 2.75) is 44.1 Å². The predicted molar refractivity (Wildman–Crippen MR) is 86.8 cm³/mol. The van der Waals surface area contributed by atoms with Crippen LogP contribution in [0.25, 0.3) is 0 Å². The lowest BCUT2D eigenvalue weighted by atomic mass is 9.97. The number of hydrogen-bond donors (Lipinski definition) is 2. The van der Waals surface area contributed by atoms with Gasteiger partial charge in [0, 0.05) is 25.6 Å². The zero-order valence-electron chi connectivity index (χ0n) is 13.1. The number of amides is 1. The lowest BCUT2D eigenvalue weighted by Crippen LogP contribution is -2.41. The molecule has 4 heteroatoms. The molecule has 1 aromatic rings. The Bertz CT molecular complexity index is 518. The molecule has 2 unspecified atom stereocenters. The van der Waals surface area contributed by atoms with Crippen LogP contribution >= 0.6 is 0 Å². The van der Waals surface area contributed by atoms with Crippen molar-refractivity contribution in [2.24, 2.45) is 0 Å². The van der Waals surface area contributed by atoms with Crippen LogP contribution < -0.4 is 5.32 Å². The fourth-order valence-corrected chi connectivity index (χ4v) is 3.93. The van der Waals surface area contributed by atoms with Gasteiger partial charge in [0.15, 0.2) is 0 Å². The number of likely N-dealkylation sites (tertiary alicyclic amines) is 1. The number of fused-ring (bicyclic) bond motifs is 1. The Kier molecular flexibility index (Phi) is 5.11. The molecule has 4 nitrogen and oxygen atoms in total. The number of carbonyl (C=O) groups is 1. The smallest absolute Gasteiger partial charge is 0.220 e. The predicted octanol–water partition coefficient (Wildman–Crippen LogP) is 1.68. The summed E-state index contributed by atoms with van der Waals surface area (Å²) < 4.78 is 0. The summed E-state index contributed by atoms with van der Waals surface area (Å²) >= 11 is 0. The van der Waals surface area contributed by atoms with Crippen LogP contribution in [-0.2, 0) is 11.2 Å². The van der Waals surface area contributed by atoms with Crippen molar-refractivity contribution >= 4 is 5.91 Å². The molecule has 0 aromatic heterocycles. The lowest BCUT2D eigenvalue weighted by Gasteiger charge is -2.24. The van der Waals surface area contributed by atoms with Gasteiger partial charge in [-0.1, -0.05) is 24.3 Å². The normalized spacial score (nSPS) is 24.4. The van der Waals surface area contributed by atoms with Crippen molar-refractivity contribution in [3.8, 4) is 0 Å². The van der Waals surface area contributed by atoms with E-state index in [0.29, 0.717) is 24.9 Å². The van der Waals surface area contributed by atoms with Gasteiger partial charge >= 0.3 is 0 Å². The Morgan fingerprint density at radius 2 is 2.18 bits per heavy atom. The fraction of sp³-hybridized carbons (Fsp3) is 0.611. The Balaban J connectivity index is 1.47. The van der Waals surface area contributed by atoms with Crippen LogP contribution in [0.2, 0.25) is 0 Å². The zero-order chi connectivity index (χ0) is 15.4. The van der Waals surface area contributed by atoms with E-state index in [2.05, 4.69) is 34.5 Å². The van der Waals surface area contributed by atoms with Crippen molar-refractivity contribution in [3.63, 3.8) is 0 Å². The van der Waals surface area contributed by atoms with E-state index in [9.17, 15) is 4.79 Å². The third-order valence-corrected chi connectivity index (χ3v) is 5.11. The first kappa shape index (κ1) is 15.5. The van der Waals surface area contributed by atoms with Gasteiger partial charge in [-0.05, 0) is 49.3 Å². The van der Waals surface area contributed by atoms with Gasteiger partial charge in [-0.25, -0.2) is 0 Å². The van der Waals surface area contributed by atoms with Gasteiger partial charge in [-0.15, -0.1) is 0 Å². The topological polar surface area (TPSA) is 52.6 Å². The first-order valence-corrected chi connectivity index (χ1v) is 8.47. The minimum Gasteiger partial charge on any atom is -0.395 e. The standard InChI is InChI=1S/C18H26N2O2/c21-11-10-20-9-3-5-16(20)13-19-18(22)12-15-8-7-14-4-1-2-6-17(14)15/h1-2,4,6,15-16,21H,3,5,7-13H2,(H,19,22). The molecule has 3 rings (SSSR count). The van der Waals surface area contributed by atoms with Crippen molar-refractivity contribution in [2.75, 3.05) is 26.2 Å². The molecule has 0 saturated carbocycles. The summed E-state index contributed by atoms with van der Waals surface area (Å²) in [5.74, 6) is 0.547. The van der Waals surface area contributed by atoms with Crippen LogP contribution in [-0.4, -0.2) is 48.2 Å². The van der Waals surface area contributed by atoms with Gasteiger partial charge in [0.1, 0.15) is 0 Å². The Morgan fingerprint density at radius 3 is 3.05 bits per heavy atom. The second-order valence-electron chi connectivity index (χ2n) is 6.50. The Labute approximate surface area is 132 Å². The molecule has 1 saturated heterocycles. The van der Waals surface area contributed by atoms with Crippen molar-refractivity contribution in [1.82, 2.24) is 10.2 Å². The molecule has 1 aliphatic carbocycles. The summed E-state index contributed by atoms with van der Waals surface area (Å²) in [5, 5.41) is 12.2. The molecule has 120 valence electrons. The van der Waals surface area contributed by atoms with E-state index in [1.54, 1.807) is 0 Å². The molecule has 2 N–H and O–H groups in total. The molecule has 0 bridgehead atoms. The molecule has 2 atom stereocenters. The summed E-state index contributed by atoms with van der Waals surface area (Å²) in [6.07, 6.45) is 5.07. The molecule has 1 fully saturated rings. The molecule has 0 spiro atoms. The average Bonchev–Trinajstić information content (AvgIpc) is 3.13. The summed E-state index contributed by atoms with van der Waals surface area (Å²) in [7, 11) is 0. The van der Waals surface area contributed by atoms with E-state index >= 15 is 0 Å². The number of nitrogens with zero attached hydrogens (tertiary/aromatic N) is 1. The van der Waals surface area contributed by atoms with Gasteiger partial charge in [-0.2, -0.15) is 0 Å². The highest BCUT2D eigenvalue weighted by atomic mass is 16.3. The van der Waals surface area contributed by atoms with Crippen LogP contribution in [0.15, 0.2) is 24.3 Å². The number of carbonyl (C=O) groups excluding carboxylic acids is 1. The molecular weight excluding hydrogens is 276 g/mol. The average molecular weight is 302 g/mol. The maximum atomic E-state index is 12.3. The van der Waals surface area contributed by atoms with Crippen LogP contribution in [0.4, 0.5) is 0 Å². The molecule has 1 heterocycles. The largest absolute Gasteiger partial charge is 0.395 e. The van der Waals surface area contributed by atoms with Crippen molar-refractivity contribution < 1.29 is 9.90 Å². The molecule has 2 aliphatic rings. The minimum absolute atomic E-state index is 0.164. The molecular formula is C18H26N2O2. The summed E-state index contributed by atoms with van der Waals surface area (Å²) in [6.45, 7) is 2.67. The SMILES string of the molecule is O=C(CC1CCc2ccccc21)NCC1CCCN1CCO. The number of β-amino-alcohol motifs (C(OH)–C–C–N with tert-alkyl or cyclic N) is 1. The summed E-state index contributed by atoms with van der Waals surface area (Å²) in [5.41, 5.74) is 2.77. The van der Waals surface area contributed by atoms with Crippen molar-refractivity contribution in [1.29, 1.82) is 0 Å². The van der Waals surface area contributed by atoms with Crippen LogP contribution in [0, 0.1) is 0 Å². The quantitative estimate of drug-likeness (QED) is 0.840. The van der Waals surface area contributed by atoms with E-state index < -0.39 is 0 Å². The van der Waals surface area contributed by atoms with Crippen molar-refractivity contribution in [3.05, 3.63) is 35.4 Å². The van der Waals surface area contributed by atoms with Crippen LogP contribution in [0.3, 0.4) is 0 Å². The van der Waals surface area contributed by atoms with Gasteiger partial charge in [0.25, 0.3) is 0 Å². The molecule has 0 radical (unpaired) electrons. The highest BCUT2D eigenvalue weighted by Crippen LogP contribution is 2.35. The monoisotopic (exact) mass is 302 g/mol. The van der Waals surface area contributed by atoms with Gasteiger partial charge in [0.05, 0.1) is 6.61 Å². The van der Waals surface area contributed by atoms with E-state index in [-0.39, 0.29) is 12.5 Å². The summed E-state index contributed by atoms with van der Waals surface area (Å²) in [6, 6.07) is 8.89. The number of aliphatic hydroxyl groups excluding tert-OH is 1. The maximum absolute atomic E-state index is 12.3. The Morgan fingerprint density at radius 1 is 1.32 bits per heavy atom. The summed E-state index contributed by atoms with van der Waals surface area (Å²) in [4.78, 5) is 14.5. The van der Waals surface area contributed by atoms with Gasteiger partial charge < -0.3 is 10.4 Å². The number of aliphatic hydroxyl groups is 1. The number of hydrogen-bond acceptors (Lipinski definition) is 3. The van der Waals surface area contributed by atoms with E-state index in [0.717, 1.165) is 38.8 Å². The number of aryl methyl sites for hydroxylation is 1. The fourth-order valence-electron chi connectivity index (χ4n) is 3.93. The van der Waals surface area contributed by atoms with Gasteiger partial charge in [-0.3, -0.25) is 9.69 Å². The van der Waals surface area contributed by atoms with E-state index in [4.69, 9.17) is 5.11 Å². The highest BCUT2D eigenvalue weighted by Gasteiger charge is 2.26. The van der Waals surface area contributed by atoms with Crippen LogP contribution in [0.5, 0.6) is 0 Å². The number of benzene rings is 1. The molecule has 1 aliphatic heterocycles. The Hall–Kier alpha value is -1.39. The first-order valence-electron chi connectivity index (χ1n) is 8.47. The van der Waals surface area contributed by atoms with E-state index in [1.165, 1.54) is 11.1 Å². The lowest BCUT2D eigenvalue weighted by molar-refractivity contribution is -0.121. The second-order valence-corrected chi connectivity index (χ2v) is 6.50. The minimum atomic E-state index is 0.164. The molecule has 1 aromatic carbocycles. The molecule has 1 amide bonds. The second kappa shape index (κ2) is 7.25. The number of nitrogens with one attached hydrogen (secondary N) is 1.